The van der Waals surface area contributed by atoms with Crippen molar-refractivity contribution >= 4 is 11.8 Å². The largest absolute Gasteiger partial charge is 0.394 e. The molecule has 0 bridgehead atoms. The van der Waals surface area contributed by atoms with Crippen molar-refractivity contribution in [2.24, 2.45) is 0 Å². The fourth-order valence-corrected chi connectivity index (χ4v) is 7.42. The molecule has 4 heterocycles. The summed E-state index contributed by atoms with van der Waals surface area (Å²) < 4.78 is 45.4. The fraction of sp³-hybridized carbons (Fsp3) is 0.941. The summed E-state index contributed by atoms with van der Waals surface area (Å²) in [5.41, 5.74) is 0. The van der Waals surface area contributed by atoms with Gasteiger partial charge in [-0.1, -0.05) is 0 Å². The van der Waals surface area contributed by atoms with E-state index in [4.69, 9.17) is 37.9 Å². The highest BCUT2D eigenvalue weighted by Gasteiger charge is 2.56. The van der Waals surface area contributed by atoms with Gasteiger partial charge < -0.3 is 130 Å². The number of carbonyl (C=O) groups excluding carboxylic acids is 2. The van der Waals surface area contributed by atoms with Crippen LogP contribution in [0.3, 0.4) is 0 Å². The van der Waals surface area contributed by atoms with E-state index in [2.05, 4.69) is 10.6 Å². The highest BCUT2D eigenvalue weighted by Crippen LogP contribution is 2.35. The average molecular weight is 913 g/mol. The molecule has 0 aromatic carbocycles. The van der Waals surface area contributed by atoms with Crippen molar-refractivity contribution in [2.45, 2.75) is 161 Å². The number of aliphatic hydroxyl groups is 16. The molecule has 18 N–H and O–H groups in total. The molecule has 0 unspecified atom stereocenters. The lowest BCUT2D eigenvalue weighted by molar-refractivity contribution is -0.383. The molecule has 362 valence electrons. The van der Waals surface area contributed by atoms with E-state index >= 15 is 0 Å². The zero-order valence-electron chi connectivity index (χ0n) is 33.3. The van der Waals surface area contributed by atoms with E-state index < -0.39 is 199 Å². The molecule has 0 aromatic rings. The summed E-state index contributed by atoms with van der Waals surface area (Å²) >= 11 is 0. The Bertz CT molecular complexity index is 1390. The molecule has 2 amide bonds. The van der Waals surface area contributed by atoms with Crippen LogP contribution in [0, 0.1) is 0 Å². The lowest BCUT2D eigenvalue weighted by Crippen LogP contribution is -2.71. The van der Waals surface area contributed by atoms with Crippen molar-refractivity contribution in [2.75, 3.05) is 39.6 Å². The third-order valence-electron chi connectivity index (χ3n) is 10.8. The first-order chi connectivity index (χ1) is 29.3. The summed E-state index contributed by atoms with van der Waals surface area (Å²) in [6.45, 7) is -3.90. The summed E-state index contributed by atoms with van der Waals surface area (Å²) in [7, 11) is 0. The molecule has 0 aliphatic carbocycles. The Morgan fingerprint density at radius 1 is 0.484 bits per heavy atom. The summed E-state index contributed by atoms with van der Waals surface area (Å²) in [6.07, 6.45) is -42.2. The first-order valence-electron chi connectivity index (χ1n) is 19.5. The van der Waals surface area contributed by atoms with Crippen LogP contribution in [0.4, 0.5) is 0 Å². The molecule has 24 atom stereocenters. The molecule has 4 saturated heterocycles. The molecule has 0 aromatic heterocycles. The minimum Gasteiger partial charge on any atom is -0.394 e. The van der Waals surface area contributed by atoms with E-state index in [0.29, 0.717) is 0 Å². The quantitative estimate of drug-likeness (QED) is 0.0572. The molecular weight excluding hydrogens is 852 g/mol. The second-order valence-electron chi connectivity index (χ2n) is 15.2. The van der Waals surface area contributed by atoms with E-state index in [9.17, 15) is 91.3 Å². The minimum absolute atomic E-state index is 0.740. The van der Waals surface area contributed by atoms with Gasteiger partial charge in [0.25, 0.3) is 0 Å². The molecule has 62 heavy (non-hydrogen) atoms. The predicted octanol–water partition coefficient (Wildman–Crippen LogP) is -12.0. The van der Waals surface area contributed by atoms with Crippen molar-refractivity contribution in [3.63, 3.8) is 0 Å². The third-order valence-corrected chi connectivity index (χ3v) is 10.8. The molecule has 28 nitrogen and oxygen atoms in total. The van der Waals surface area contributed by atoms with Gasteiger partial charge in [-0.3, -0.25) is 9.59 Å². The van der Waals surface area contributed by atoms with Crippen LogP contribution in [0.2, 0.25) is 0 Å². The van der Waals surface area contributed by atoms with E-state index in [1.54, 1.807) is 0 Å². The molecule has 0 radical (unpaired) electrons. The van der Waals surface area contributed by atoms with Crippen molar-refractivity contribution in [3.05, 3.63) is 0 Å². The number of hydrogen-bond donors (Lipinski definition) is 18. The number of rotatable bonds is 19. The third kappa shape index (κ3) is 11.9. The number of amides is 2. The summed E-state index contributed by atoms with van der Waals surface area (Å²) in [5, 5.41) is 172. The SMILES string of the molecule is CC(=O)N[C@H]1[C@@H](O[C@H]2[C@@H](O)[C@@H](CO)O[C@@H](O[C@H]3[C@@H](O)[C@@H](CO)O[C@H](O[C@H]4[C@@H](O)[C@@H](CO)O[C@@H](O[C@@H]([C@H](O)[C@@H](O)CO)[C@H](O)CO)[C@@H]4O)[C@@H]3O)[C@@H]2NC(C)=O)O[C@H](CO)[C@H](O)[C@@H]1O. The first-order valence-corrected chi connectivity index (χ1v) is 19.5. The zero-order valence-corrected chi connectivity index (χ0v) is 33.3. The van der Waals surface area contributed by atoms with Crippen molar-refractivity contribution < 1.29 is 129 Å². The standard InChI is InChI=1S/C34H60N2O26/c1-9(43)35-17-24(52)20(48)13(5-39)55-31(17)60-28-18(36-10(2)44)32(56-14(6-40)21(28)49)61-29-22(50)15(7-41)58-34(25(29)53)62-30-23(51)16(8-42)57-33(26(30)54)59-27(12(46)4-38)19(47)11(45)3-37/h11-34,37-42,45-54H,3-8H2,1-2H3,(H,35,43)(H,36,44)/t11-,12+,13+,14+,15+,16+,17+,18+,19+,20-,21-,22-,23-,24+,25+,26+,27+,28+,29-,30-,31+,32-,33-,34+/m0/s1. The summed E-state index contributed by atoms with van der Waals surface area (Å²) in [4.78, 5) is 24.6. The molecule has 28 heteroatoms. The number of aliphatic hydroxyl groups excluding tert-OH is 16. The summed E-state index contributed by atoms with van der Waals surface area (Å²) in [6, 6.07) is -3.27. The molecule has 0 spiro atoms. The highest BCUT2D eigenvalue weighted by molar-refractivity contribution is 5.73. The Labute approximate surface area is 352 Å². The van der Waals surface area contributed by atoms with Gasteiger partial charge in [0.2, 0.25) is 11.8 Å². The Morgan fingerprint density at radius 3 is 1.32 bits per heavy atom. The van der Waals surface area contributed by atoms with E-state index in [1.807, 2.05) is 0 Å². The van der Waals surface area contributed by atoms with Gasteiger partial charge in [-0.15, -0.1) is 0 Å². The van der Waals surface area contributed by atoms with Gasteiger partial charge >= 0.3 is 0 Å². The fourth-order valence-electron chi connectivity index (χ4n) is 7.42. The van der Waals surface area contributed by atoms with Gasteiger partial charge in [0, 0.05) is 13.8 Å². The van der Waals surface area contributed by atoms with Crippen LogP contribution in [0.1, 0.15) is 13.8 Å². The van der Waals surface area contributed by atoms with Crippen LogP contribution in [0.5, 0.6) is 0 Å². The normalized spacial score (nSPS) is 43.6. The number of nitrogens with one attached hydrogen (secondary N) is 2. The Kier molecular flexibility index (Phi) is 19.9. The Hall–Kier alpha value is -2.02. The Balaban J connectivity index is 1.65. The number of carbonyl (C=O) groups is 2. The van der Waals surface area contributed by atoms with E-state index in [0.717, 1.165) is 13.8 Å². The number of ether oxygens (including phenoxy) is 8. The van der Waals surface area contributed by atoms with Crippen molar-refractivity contribution in [1.82, 2.24) is 10.6 Å². The van der Waals surface area contributed by atoms with Crippen molar-refractivity contribution in [3.8, 4) is 0 Å². The van der Waals surface area contributed by atoms with Crippen LogP contribution in [0.25, 0.3) is 0 Å². The monoisotopic (exact) mass is 912 g/mol. The van der Waals surface area contributed by atoms with Crippen LogP contribution < -0.4 is 10.6 Å². The minimum atomic E-state index is -2.22. The van der Waals surface area contributed by atoms with Crippen LogP contribution in [-0.4, -0.2) is 280 Å². The first kappa shape index (κ1) is 52.6. The maximum atomic E-state index is 12.6. The second-order valence-corrected chi connectivity index (χ2v) is 15.2. The smallest absolute Gasteiger partial charge is 0.217 e. The maximum Gasteiger partial charge on any atom is 0.217 e. The van der Waals surface area contributed by atoms with E-state index in [-0.39, 0.29) is 0 Å². The molecular formula is C34H60N2O26. The predicted molar refractivity (Wildman–Crippen MR) is 192 cm³/mol. The molecule has 4 aliphatic rings. The molecule has 0 saturated carbocycles. The topological polar surface area (TPSA) is 456 Å². The highest BCUT2D eigenvalue weighted by atomic mass is 16.8. The molecule has 4 rings (SSSR count). The lowest BCUT2D eigenvalue weighted by Gasteiger charge is -2.50. The van der Waals surface area contributed by atoms with Crippen LogP contribution >= 0.6 is 0 Å². The molecule has 4 fully saturated rings. The maximum absolute atomic E-state index is 12.6. The van der Waals surface area contributed by atoms with E-state index in [1.165, 1.54) is 0 Å². The van der Waals surface area contributed by atoms with Gasteiger partial charge in [0.1, 0.15) is 122 Å². The van der Waals surface area contributed by atoms with Crippen molar-refractivity contribution in [1.29, 1.82) is 0 Å². The summed E-state index contributed by atoms with van der Waals surface area (Å²) in [5.74, 6) is -1.56. The second kappa shape index (κ2) is 23.4. The van der Waals surface area contributed by atoms with Gasteiger partial charge in [-0.05, 0) is 0 Å². The zero-order chi connectivity index (χ0) is 46.3. The number of hydrogen-bond acceptors (Lipinski definition) is 26. The van der Waals surface area contributed by atoms with Gasteiger partial charge in [-0.25, -0.2) is 0 Å². The van der Waals surface area contributed by atoms with Gasteiger partial charge in [0.15, 0.2) is 25.2 Å². The Morgan fingerprint density at radius 2 is 0.855 bits per heavy atom. The molecule has 4 aliphatic heterocycles. The van der Waals surface area contributed by atoms with Gasteiger partial charge in [-0.2, -0.15) is 0 Å². The van der Waals surface area contributed by atoms with Crippen LogP contribution in [-0.2, 0) is 47.5 Å². The average Bonchev–Trinajstić information content (AvgIpc) is 3.24. The van der Waals surface area contributed by atoms with Gasteiger partial charge in [0.05, 0.1) is 39.6 Å². The van der Waals surface area contributed by atoms with Crippen LogP contribution in [0.15, 0.2) is 0 Å². The lowest BCUT2D eigenvalue weighted by atomic mass is 9.93.